The molecule has 0 spiro atoms. The Morgan fingerprint density at radius 1 is 1.33 bits per heavy atom. The quantitative estimate of drug-likeness (QED) is 0.617. The number of Topliss-reactive ketones (excluding diaryl/α,β-unsaturated/α-hetero) is 1. The molecule has 7 heteroatoms. The van der Waals surface area contributed by atoms with Crippen molar-refractivity contribution < 1.29 is 27.1 Å². The van der Waals surface area contributed by atoms with E-state index in [1.807, 2.05) is 0 Å². The van der Waals surface area contributed by atoms with Gasteiger partial charge in [0.2, 0.25) is 0 Å². The molecular formula is C11H7F4NO2. The highest BCUT2D eigenvalue weighted by Crippen LogP contribution is 2.31. The molecule has 0 unspecified atom stereocenters. The first kappa shape index (κ1) is 14.0. The SMILES string of the molecule is CC(=O)c1cc(OC(F)F)cc(C#N)c1C(F)F. The second-order valence-electron chi connectivity index (χ2n) is 3.28. The van der Waals surface area contributed by atoms with Gasteiger partial charge in [0, 0.05) is 11.1 Å². The van der Waals surface area contributed by atoms with Crippen LogP contribution < -0.4 is 4.74 Å². The second-order valence-corrected chi connectivity index (χ2v) is 3.28. The van der Waals surface area contributed by atoms with Crippen LogP contribution in [0, 0.1) is 11.3 Å². The van der Waals surface area contributed by atoms with Crippen LogP contribution in [0.25, 0.3) is 0 Å². The summed E-state index contributed by atoms with van der Waals surface area (Å²) in [5.74, 6) is -1.27. The zero-order valence-corrected chi connectivity index (χ0v) is 9.08. The van der Waals surface area contributed by atoms with Crippen molar-refractivity contribution in [3.8, 4) is 11.8 Å². The summed E-state index contributed by atoms with van der Waals surface area (Å²) in [6.45, 7) is -2.18. The molecule has 3 nitrogen and oxygen atoms in total. The number of hydrogen-bond donors (Lipinski definition) is 0. The summed E-state index contributed by atoms with van der Waals surface area (Å²) in [4.78, 5) is 11.2. The van der Waals surface area contributed by atoms with Crippen LogP contribution in [0.3, 0.4) is 0 Å². The van der Waals surface area contributed by atoms with E-state index in [4.69, 9.17) is 5.26 Å². The molecule has 1 rings (SSSR count). The van der Waals surface area contributed by atoms with Gasteiger partial charge in [-0.25, -0.2) is 8.78 Å². The van der Waals surface area contributed by atoms with Crippen molar-refractivity contribution in [3.63, 3.8) is 0 Å². The molecule has 0 radical (unpaired) electrons. The summed E-state index contributed by atoms with van der Waals surface area (Å²) in [6.07, 6.45) is -3.06. The number of nitriles is 1. The van der Waals surface area contributed by atoms with Gasteiger partial charge in [0.25, 0.3) is 6.43 Å². The Hall–Kier alpha value is -2.10. The third kappa shape index (κ3) is 2.97. The molecule has 18 heavy (non-hydrogen) atoms. The standard InChI is InChI=1S/C11H7F4NO2/c1-5(17)8-3-7(18-11(14)15)2-6(4-16)9(8)10(12)13/h2-3,10-11H,1H3. The van der Waals surface area contributed by atoms with Crippen molar-refractivity contribution in [1.29, 1.82) is 5.26 Å². The molecule has 96 valence electrons. The highest BCUT2D eigenvalue weighted by atomic mass is 19.3. The van der Waals surface area contributed by atoms with Gasteiger partial charge in [0.1, 0.15) is 5.75 Å². The van der Waals surface area contributed by atoms with Crippen LogP contribution in [0.4, 0.5) is 17.6 Å². The number of alkyl halides is 4. The fourth-order valence-electron chi connectivity index (χ4n) is 1.42. The lowest BCUT2D eigenvalue weighted by Gasteiger charge is -2.11. The molecule has 0 aliphatic rings. The van der Waals surface area contributed by atoms with E-state index >= 15 is 0 Å². The van der Waals surface area contributed by atoms with Crippen molar-refractivity contribution in [2.75, 3.05) is 0 Å². The minimum atomic E-state index is -3.17. The van der Waals surface area contributed by atoms with Crippen LogP contribution >= 0.6 is 0 Å². The van der Waals surface area contributed by atoms with Crippen molar-refractivity contribution in [1.82, 2.24) is 0 Å². The van der Waals surface area contributed by atoms with E-state index in [9.17, 15) is 22.4 Å². The average molecular weight is 261 g/mol. The van der Waals surface area contributed by atoms with Crippen LogP contribution in [-0.2, 0) is 0 Å². The molecule has 1 aromatic rings. The molecule has 0 saturated carbocycles. The Balaban J connectivity index is 3.45. The van der Waals surface area contributed by atoms with Crippen LogP contribution in [0.15, 0.2) is 12.1 Å². The number of ketones is 1. The number of halogens is 4. The highest BCUT2D eigenvalue weighted by molar-refractivity contribution is 5.96. The number of ether oxygens (including phenoxy) is 1. The van der Waals surface area contributed by atoms with Gasteiger partial charge in [-0.05, 0) is 19.1 Å². The molecule has 0 heterocycles. The largest absolute Gasteiger partial charge is 0.435 e. The summed E-state index contributed by atoms with van der Waals surface area (Å²) in [5.41, 5.74) is -1.83. The number of hydrogen-bond acceptors (Lipinski definition) is 3. The summed E-state index contributed by atoms with van der Waals surface area (Å²) in [5, 5.41) is 8.69. The summed E-state index contributed by atoms with van der Waals surface area (Å²) >= 11 is 0. The number of carbonyl (C=O) groups excluding carboxylic acids is 1. The van der Waals surface area contributed by atoms with Gasteiger partial charge >= 0.3 is 6.61 Å². The monoisotopic (exact) mass is 261 g/mol. The third-order valence-corrected chi connectivity index (χ3v) is 2.10. The van der Waals surface area contributed by atoms with Crippen molar-refractivity contribution >= 4 is 5.78 Å². The fraction of sp³-hybridized carbons (Fsp3) is 0.273. The Morgan fingerprint density at radius 2 is 1.94 bits per heavy atom. The molecular weight excluding hydrogens is 254 g/mol. The van der Waals surface area contributed by atoms with Crippen molar-refractivity contribution in [3.05, 3.63) is 28.8 Å². The van der Waals surface area contributed by atoms with E-state index < -0.39 is 41.3 Å². The van der Waals surface area contributed by atoms with E-state index in [0.717, 1.165) is 19.1 Å². The molecule has 0 amide bonds. The topological polar surface area (TPSA) is 50.1 Å². The van der Waals surface area contributed by atoms with E-state index in [2.05, 4.69) is 4.74 Å². The number of rotatable bonds is 4. The second kappa shape index (κ2) is 5.49. The van der Waals surface area contributed by atoms with E-state index in [-0.39, 0.29) is 0 Å². The average Bonchev–Trinajstić information content (AvgIpc) is 2.26. The smallest absolute Gasteiger partial charge is 0.387 e. The molecule has 0 fully saturated rings. The van der Waals surface area contributed by atoms with Gasteiger partial charge < -0.3 is 4.74 Å². The van der Waals surface area contributed by atoms with Crippen LogP contribution in [0.5, 0.6) is 5.75 Å². The lowest BCUT2D eigenvalue weighted by Crippen LogP contribution is -2.07. The van der Waals surface area contributed by atoms with Crippen LogP contribution in [-0.4, -0.2) is 12.4 Å². The van der Waals surface area contributed by atoms with E-state index in [1.165, 1.54) is 6.07 Å². The zero-order valence-electron chi connectivity index (χ0n) is 9.08. The third-order valence-electron chi connectivity index (χ3n) is 2.10. The summed E-state index contributed by atoms with van der Waals surface area (Å²) in [6, 6.07) is 2.95. The van der Waals surface area contributed by atoms with Crippen molar-refractivity contribution in [2.45, 2.75) is 20.0 Å². The first-order valence-electron chi connectivity index (χ1n) is 4.68. The lowest BCUT2D eigenvalue weighted by molar-refractivity contribution is -0.0499. The molecule has 0 aromatic heterocycles. The number of nitrogens with zero attached hydrogens (tertiary/aromatic N) is 1. The molecule has 1 aromatic carbocycles. The van der Waals surface area contributed by atoms with Gasteiger partial charge in [0.05, 0.1) is 11.6 Å². The first-order chi connectivity index (χ1) is 8.36. The summed E-state index contributed by atoms with van der Waals surface area (Å²) in [7, 11) is 0. The Kier molecular flexibility index (Phi) is 4.26. The van der Waals surface area contributed by atoms with Crippen LogP contribution in [0.2, 0.25) is 0 Å². The number of carbonyl (C=O) groups is 1. The Bertz CT molecular complexity index is 509. The van der Waals surface area contributed by atoms with Gasteiger partial charge in [-0.1, -0.05) is 0 Å². The maximum absolute atomic E-state index is 12.7. The van der Waals surface area contributed by atoms with E-state index in [0.29, 0.717) is 0 Å². The maximum atomic E-state index is 12.7. The minimum Gasteiger partial charge on any atom is -0.435 e. The fourth-order valence-corrected chi connectivity index (χ4v) is 1.42. The molecule has 0 aliphatic heterocycles. The molecule has 0 saturated heterocycles. The normalized spacial score (nSPS) is 10.6. The van der Waals surface area contributed by atoms with Crippen molar-refractivity contribution in [2.24, 2.45) is 0 Å². The first-order valence-corrected chi connectivity index (χ1v) is 4.68. The predicted molar refractivity (Wildman–Crippen MR) is 52.8 cm³/mol. The highest BCUT2D eigenvalue weighted by Gasteiger charge is 2.22. The molecule has 0 N–H and O–H groups in total. The Labute approximate surface area is 99.6 Å². The van der Waals surface area contributed by atoms with Gasteiger partial charge in [-0.2, -0.15) is 14.0 Å². The van der Waals surface area contributed by atoms with Gasteiger partial charge in [-0.3, -0.25) is 4.79 Å². The molecule has 0 bridgehead atoms. The number of benzene rings is 1. The molecule has 0 aliphatic carbocycles. The minimum absolute atomic E-state index is 0.500. The van der Waals surface area contributed by atoms with E-state index in [1.54, 1.807) is 0 Å². The van der Waals surface area contributed by atoms with Gasteiger partial charge in [0.15, 0.2) is 5.78 Å². The lowest BCUT2D eigenvalue weighted by atomic mass is 9.99. The zero-order chi connectivity index (χ0) is 13.9. The van der Waals surface area contributed by atoms with Crippen LogP contribution in [0.1, 0.15) is 34.8 Å². The summed E-state index contributed by atoms with van der Waals surface area (Å²) < 4.78 is 53.5. The predicted octanol–water partition coefficient (Wildman–Crippen LogP) is 3.30. The maximum Gasteiger partial charge on any atom is 0.387 e. The van der Waals surface area contributed by atoms with Gasteiger partial charge in [-0.15, -0.1) is 0 Å². The molecule has 0 atom stereocenters. The Morgan fingerprint density at radius 3 is 2.33 bits per heavy atom.